The third-order valence-corrected chi connectivity index (χ3v) is 3.18. The summed E-state index contributed by atoms with van der Waals surface area (Å²) in [6, 6.07) is 3.97. The predicted molar refractivity (Wildman–Crippen MR) is 80.7 cm³/mol. The molecule has 0 aliphatic carbocycles. The molecule has 0 N–H and O–H groups in total. The fourth-order valence-corrected chi connectivity index (χ4v) is 2.01. The van der Waals surface area contributed by atoms with E-state index in [9.17, 15) is 4.79 Å². The molecule has 0 aliphatic rings. The first-order chi connectivity index (χ1) is 9.38. The summed E-state index contributed by atoms with van der Waals surface area (Å²) in [5.41, 5.74) is 2.47. The fourth-order valence-electron chi connectivity index (χ4n) is 2.01. The quantitative estimate of drug-likeness (QED) is 0.751. The first-order valence-corrected chi connectivity index (χ1v) is 6.87. The van der Waals surface area contributed by atoms with Crippen molar-refractivity contribution in [3.8, 4) is 5.75 Å². The Morgan fingerprint density at radius 2 is 1.95 bits per heavy atom. The normalized spacial score (nSPS) is 11.0. The number of benzene rings is 1. The molecule has 112 valence electrons. The van der Waals surface area contributed by atoms with Gasteiger partial charge in [-0.1, -0.05) is 26.0 Å². The van der Waals surface area contributed by atoms with Crippen molar-refractivity contribution in [1.82, 2.24) is 4.90 Å². The maximum absolute atomic E-state index is 12.1. The van der Waals surface area contributed by atoms with E-state index in [0.29, 0.717) is 17.9 Å². The molecular formula is C16H25NO3. The molecule has 0 spiro atoms. The molecule has 4 heteroatoms. The molecule has 0 atom stereocenters. The van der Waals surface area contributed by atoms with E-state index in [0.717, 1.165) is 17.7 Å². The summed E-state index contributed by atoms with van der Waals surface area (Å²) >= 11 is 0. The number of rotatable bonds is 6. The molecule has 1 rings (SSSR count). The number of hydrogen-bond acceptors (Lipinski definition) is 4. The number of carbonyl (C=O) groups is 1. The predicted octanol–water partition coefficient (Wildman–Crippen LogP) is 2.85. The number of methoxy groups -OCH3 is 1. The molecule has 0 fully saturated rings. The van der Waals surface area contributed by atoms with Crippen molar-refractivity contribution in [2.75, 3.05) is 34.4 Å². The Kier molecular flexibility index (Phi) is 6.02. The maximum Gasteiger partial charge on any atom is 0.341 e. The van der Waals surface area contributed by atoms with Gasteiger partial charge in [-0.25, -0.2) is 4.79 Å². The largest absolute Gasteiger partial charge is 0.491 e. The summed E-state index contributed by atoms with van der Waals surface area (Å²) in [6.45, 7) is 7.40. The van der Waals surface area contributed by atoms with Crippen LogP contribution in [-0.4, -0.2) is 45.2 Å². The zero-order chi connectivity index (χ0) is 15.3. The molecule has 1 aromatic rings. The van der Waals surface area contributed by atoms with Crippen molar-refractivity contribution in [2.45, 2.75) is 26.7 Å². The Balaban J connectivity index is 3.18. The highest BCUT2D eigenvalue weighted by molar-refractivity contribution is 5.95. The summed E-state index contributed by atoms with van der Waals surface area (Å²) in [4.78, 5) is 14.1. The lowest BCUT2D eigenvalue weighted by molar-refractivity contribution is 0.0593. The van der Waals surface area contributed by atoms with Crippen molar-refractivity contribution in [3.63, 3.8) is 0 Å². The van der Waals surface area contributed by atoms with Crippen LogP contribution in [0, 0.1) is 6.92 Å². The molecule has 0 bridgehead atoms. The smallest absolute Gasteiger partial charge is 0.341 e. The summed E-state index contributed by atoms with van der Waals surface area (Å²) in [5, 5.41) is 0. The molecule has 0 saturated carbocycles. The molecule has 4 nitrogen and oxygen atoms in total. The summed E-state index contributed by atoms with van der Waals surface area (Å²) in [7, 11) is 5.38. The Morgan fingerprint density at radius 1 is 1.30 bits per heavy atom. The van der Waals surface area contributed by atoms with Gasteiger partial charge in [0.25, 0.3) is 0 Å². The Bertz CT molecular complexity index is 467. The van der Waals surface area contributed by atoms with Gasteiger partial charge in [0.05, 0.1) is 7.11 Å². The lowest BCUT2D eigenvalue weighted by Crippen LogP contribution is -2.21. The number of esters is 1. The Labute approximate surface area is 121 Å². The van der Waals surface area contributed by atoms with Crippen molar-refractivity contribution in [2.24, 2.45) is 0 Å². The highest BCUT2D eigenvalue weighted by atomic mass is 16.5. The lowest BCUT2D eigenvalue weighted by atomic mass is 9.94. The third-order valence-electron chi connectivity index (χ3n) is 3.18. The standard InChI is InChI=1S/C16H25NO3/c1-11(2)13-8-7-12(3)15(14(13)16(18)19-6)20-10-9-17(4)5/h7-8,11H,9-10H2,1-6H3. The van der Waals surface area contributed by atoms with Gasteiger partial charge < -0.3 is 14.4 Å². The number of aryl methyl sites for hydroxylation is 1. The van der Waals surface area contributed by atoms with Crippen LogP contribution in [0.4, 0.5) is 0 Å². The van der Waals surface area contributed by atoms with E-state index in [2.05, 4.69) is 13.8 Å². The SMILES string of the molecule is COC(=O)c1c(C(C)C)ccc(C)c1OCCN(C)C. The van der Waals surface area contributed by atoms with Crippen molar-refractivity contribution in [3.05, 3.63) is 28.8 Å². The van der Waals surface area contributed by atoms with Crippen LogP contribution >= 0.6 is 0 Å². The summed E-state index contributed by atoms with van der Waals surface area (Å²) in [5.74, 6) is 0.544. The van der Waals surface area contributed by atoms with Gasteiger partial charge in [-0.05, 0) is 38.1 Å². The van der Waals surface area contributed by atoms with E-state index in [1.165, 1.54) is 7.11 Å². The number of likely N-dealkylation sites (N-methyl/N-ethyl adjacent to an activating group) is 1. The molecule has 0 heterocycles. The van der Waals surface area contributed by atoms with Gasteiger partial charge in [-0.3, -0.25) is 0 Å². The van der Waals surface area contributed by atoms with E-state index in [-0.39, 0.29) is 11.9 Å². The van der Waals surface area contributed by atoms with Crippen LogP contribution in [0.3, 0.4) is 0 Å². The van der Waals surface area contributed by atoms with Gasteiger partial charge in [0.1, 0.15) is 17.9 Å². The minimum atomic E-state index is -0.336. The molecule has 1 aromatic carbocycles. The Hall–Kier alpha value is -1.55. The fraction of sp³-hybridized carbons (Fsp3) is 0.562. The van der Waals surface area contributed by atoms with Gasteiger partial charge >= 0.3 is 5.97 Å². The third kappa shape index (κ3) is 3.97. The lowest BCUT2D eigenvalue weighted by Gasteiger charge is -2.19. The highest BCUT2D eigenvalue weighted by Crippen LogP contribution is 2.31. The van der Waals surface area contributed by atoms with E-state index >= 15 is 0 Å². The number of hydrogen-bond donors (Lipinski definition) is 0. The molecule has 0 unspecified atom stereocenters. The van der Waals surface area contributed by atoms with Crippen molar-refractivity contribution in [1.29, 1.82) is 0 Å². The second-order valence-electron chi connectivity index (χ2n) is 5.47. The first kappa shape index (κ1) is 16.5. The molecule has 0 aromatic heterocycles. The van der Waals surface area contributed by atoms with Crippen molar-refractivity contribution >= 4 is 5.97 Å². The Morgan fingerprint density at radius 3 is 2.45 bits per heavy atom. The van der Waals surface area contributed by atoms with Crippen LogP contribution in [0.15, 0.2) is 12.1 Å². The number of carbonyl (C=O) groups excluding carboxylic acids is 1. The van der Waals surface area contributed by atoms with Gasteiger partial charge in [0, 0.05) is 6.54 Å². The van der Waals surface area contributed by atoms with E-state index < -0.39 is 0 Å². The second-order valence-corrected chi connectivity index (χ2v) is 5.47. The van der Waals surface area contributed by atoms with Crippen LogP contribution in [0.2, 0.25) is 0 Å². The minimum absolute atomic E-state index is 0.237. The van der Waals surface area contributed by atoms with E-state index in [1.54, 1.807) is 0 Å². The number of nitrogens with zero attached hydrogens (tertiary/aromatic N) is 1. The van der Waals surface area contributed by atoms with E-state index in [4.69, 9.17) is 9.47 Å². The van der Waals surface area contributed by atoms with E-state index in [1.807, 2.05) is 38.1 Å². The van der Waals surface area contributed by atoms with Crippen LogP contribution in [-0.2, 0) is 4.74 Å². The first-order valence-electron chi connectivity index (χ1n) is 6.87. The van der Waals surface area contributed by atoms with Gasteiger partial charge in [-0.2, -0.15) is 0 Å². The van der Waals surface area contributed by atoms with Crippen LogP contribution < -0.4 is 4.74 Å². The molecular weight excluding hydrogens is 254 g/mol. The van der Waals surface area contributed by atoms with Gasteiger partial charge in [0.2, 0.25) is 0 Å². The zero-order valence-corrected chi connectivity index (χ0v) is 13.3. The average molecular weight is 279 g/mol. The monoisotopic (exact) mass is 279 g/mol. The van der Waals surface area contributed by atoms with Crippen LogP contribution in [0.25, 0.3) is 0 Å². The maximum atomic E-state index is 12.1. The minimum Gasteiger partial charge on any atom is -0.491 e. The highest BCUT2D eigenvalue weighted by Gasteiger charge is 2.22. The molecule has 0 amide bonds. The topological polar surface area (TPSA) is 38.8 Å². The number of ether oxygens (including phenoxy) is 2. The molecule has 0 saturated heterocycles. The van der Waals surface area contributed by atoms with Crippen molar-refractivity contribution < 1.29 is 14.3 Å². The zero-order valence-electron chi connectivity index (χ0n) is 13.3. The molecule has 0 radical (unpaired) electrons. The van der Waals surface area contributed by atoms with Crippen LogP contribution in [0.1, 0.15) is 41.3 Å². The second kappa shape index (κ2) is 7.29. The average Bonchev–Trinajstić information content (AvgIpc) is 2.38. The summed E-state index contributed by atoms with van der Waals surface area (Å²) in [6.07, 6.45) is 0. The van der Waals surface area contributed by atoms with Gasteiger partial charge in [-0.15, -0.1) is 0 Å². The molecule has 20 heavy (non-hydrogen) atoms. The van der Waals surface area contributed by atoms with Crippen LogP contribution in [0.5, 0.6) is 5.75 Å². The molecule has 0 aliphatic heterocycles. The summed E-state index contributed by atoms with van der Waals surface area (Å²) < 4.78 is 10.8. The van der Waals surface area contributed by atoms with Gasteiger partial charge in [0.15, 0.2) is 0 Å².